The number of hydrogen-bond donors (Lipinski definition) is 2. The predicted octanol–water partition coefficient (Wildman–Crippen LogP) is 1.91. The fourth-order valence-corrected chi connectivity index (χ4v) is 1.11. The van der Waals surface area contributed by atoms with Gasteiger partial charge >= 0.3 is 6.09 Å². The molecule has 0 aromatic carbocycles. The van der Waals surface area contributed by atoms with Crippen molar-refractivity contribution in [2.45, 2.75) is 40.2 Å². The summed E-state index contributed by atoms with van der Waals surface area (Å²) in [4.78, 5) is 24.5. The molecule has 0 aromatic heterocycles. The second-order valence-corrected chi connectivity index (χ2v) is 5.12. The quantitative estimate of drug-likeness (QED) is 0.603. The van der Waals surface area contributed by atoms with Gasteiger partial charge in [-0.15, -0.1) is 0 Å². The Hall–Kier alpha value is -1.85. The molecule has 19 heavy (non-hydrogen) atoms. The van der Waals surface area contributed by atoms with Gasteiger partial charge in [-0.05, 0) is 34.6 Å². The molecule has 1 amide bonds. The van der Waals surface area contributed by atoms with E-state index in [9.17, 15) is 9.59 Å². The lowest BCUT2D eigenvalue weighted by atomic mass is 10.2. The molecule has 0 unspecified atom stereocenters. The van der Waals surface area contributed by atoms with Crippen molar-refractivity contribution in [2.24, 2.45) is 0 Å². The first kappa shape index (κ1) is 17.2. The molecule has 0 atom stereocenters. The lowest BCUT2D eigenvalue weighted by Gasteiger charge is -2.21. The highest BCUT2D eigenvalue weighted by Crippen LogP contribution is 2.06. The number of alkyl carbamates (subject to hydrolysis) is 1. The van der Waals surface area contributed by atoms with Gasteiger partial charge in [0.2, 0.25) is 5.78 Å². The van der Waals surface area contributed by atoms with Crippen LogP contribution in [0, 0.1) is 5.41 Å². The van der Waals surface area contributed by atoms with E-state index in [1.807, 2.05) is 6.92 Å². The van der Waals surface area contributed by atoms with Crippen LogP contribution >= 0.6 is 0 Å². The summed E-state index contributed by atoms with van der Waals surface area (Å²) in [6.07, 6.45) is 1.13. The molecular formula is C13H23N3O3. The summed E-state index contributed by atoms with van der Waals surface area (Å²) in [6.45, 7) is 8.57. The molecule has 0 aliphatic rings. The Morgan fingerprint density at radius 3 is 2.32 bits per heavy atom. The third kappa shape index (κ3) is 6.59. The summed E-state index contributed by atoms with van der Waals surface area (Å²) in [6, 6.07) is 0. The molecule has 6 nitrogen and oxygen atoms in total. The molecular weight excluding hydrogens is 246 g/mol. The molecule has 0 saturated carbocycles. The molecule has 0 radical (unpaired) electrons. The second-order valence-electron chi connectivity index (χ2n) is 5.12. The maximum absolute atomic E-state index is 11.7. The molecule has 0 rings (SSSR count). The summed E-state index contributed by atoms with van der Waals surface area (Å²) in [7, 11) is 1.63. The first-order valence-electron chi connectivity index (χ1n) is 6.03. The van der Waals surface area contributed by atoms with Crippen LogP contribution in [0.15, 0.2) is 11.8 Å². The number of nitrogens with one attached hydrogen (secondary N) is 2. The van der Waals surface area contributed by atoms with E-state index in [1.165, 1.54) is 4.90 Å². The first-order chi connectivity index (χ1) is 8.58. The summed E-state index contributed by atoms with van der Waals surface area (Å²) >= 11 is 0. The molecule has 0 heterocycles. The number of carbonyl (C=O) groups excluding carboxylic acids is 2. The Bertz CT molecular complexity index is 394. The van der Waals surface area contributed by atoms with E-state index in [4.69, 9.17) is 10.1 Å². The minimum absolute atomic E-state index is 0.174. The van der Waals surface area contributed by atoms with Crippen LogP contribution < -0.4 is 5.32 Å². The number of likely N-dealkylation sites (N-methyl/N-ethyl adjacent to an activating group) is 1. The Kier molecular flexibility index (Phi) is 6.24. The summed E-state index contributed by atoms with van der Waals surface area (Å²) < 4.78 is 5.00. The molecule has 0 saturated heterocycles. The average Bonchev–Trinajstić information content (AvgIpc) is 2.30. The van der Waals surface area contributed by atoms with Crippen molar-refractivity contribution < 1.29 is 14.3 Å². The van der Waals surface area contributed by atoms with Gasteiger partial charge in [-0.2, -0.15) is 0 Å². The summed E-state index contributed by atoms with van der Waals surface area (Å²) in [5.74, 6) is -0.652. The number of nitrogens with zero attached hydrogens (tertiary/aromatic N) is 1. The Labute approximate surface area is 114 Å². The number of amidine groups is 1. The van der Waals surface area contributed by atoms with E-state index < -0.39 is 17.5 Å². The zero-order chi connectivity index (χ0) is 15.2. The third-order valence-corrected chi connectivity index (χ3v) is 2.34. The van der Waals surface area contributed by atoms with Crippen LogP contribution in [0.25, 0.3) is 0 Å². The summed E-state index contributed by atoms with van der Waals surface area (Å²) in [5, 5.41) is 10.0. The smallest absolute Gasteiger partial charge is 0.408 e. The van der Waals surface area contributed by atoms with Crippen LogP contribution in [0.4, 0.5) is 4.79 Å². The van der Waals surface area contributed by atoms with Crippen molar-refractivity contribution in [3.05, 3.63) is 11.8 Å². The van der Waals surface area contributed by atoms with Crippen LogP contribution in [-0.2, 0) is 9.53 Å². The van der Waals surface area contributed by atoms with Crippen molar-refractivity contribution in [1.29, 1.82) is 5.41 Å². The molecule has 0 spiro atoms. The largest absolute Gasteiger partial charge is 0.444 e. The molecule has 0 bridgehead atoms. The maximum atomic E-state index is 11.7. The normalized spacial score (nSPS) is 11.8. The van der Waals surface area contributed by atoms with E-state index in [0.717, 1.165) is 5.70 Å². The van der Waals surface area contributed by atoms with E-state index in [1.54, 1.807) is 40.8 Å². The van der Waals surface area contributed by atoms with Gasteiger partial charge in [0.05, 0.1) is 6.54 Å². The van der Waals surface area contributed by atoms with Crippen molar-refractivity contribution in [3.63, 3.8) is 0 Å². The van der Waals surface area contributed by atoms with Gasteiger partial charge in [-0.3, -0.25) is 10.2 Å². The topological polar surface area (TPSA) is 82.5 Å². The third-order valence-electron chi connectivity index (χ3n) is 2.34. The Balaban J connectivity index is 4.33. The van der Waals surface area contributed by atoms with Gasteiger partial charge in [0.25, 0.3) is 0 Å². The van der Waals surface area contributed by atoms with Crippen molar-refractivity contribution >= 4 is 17.7 Å². The minimum atomic E-state index is -0.668. The monoisotopic (exact) mass is 269 g/mol. The Morgan fingerprint density at radius 2 is 1.89 bits per heavy atom. The van der Waals surface area contributed by atoms with E-state index in [0.29, 0.717) is 0 Å². The number of hydrogen-bond acceptors (Lipinski definition) is 4. The number of ketones is 1. The molecule has 6 heteroatoms. The number of amides is 1. The van der Waals surface area contributed by atoms with Gasteiger partial charge in [-0.1, -0.05) is 6.08 Å². The number of carbonyl (C=O) groups is 2. The van der Waals surface area contributed by atoms with Crippen LogP contribution in [0.2, 0.25) is 0 Å². The highest BCUT2D eigenvalue weighted by molar-refractivity contribution is 6.38. The molecule has 108 valence electrons. The molecule has 0 fully saturated rings. The zero-order valence-corrected chi connectivity index (χ0v) is 12.5. The SMILES string of the molecule is C/C=C(/C)N(C)C(=N)C(=O)CNC(=O)OC(C)(C)C. The van der Waals surface area contributed by atoms with Crippen molar-refractivity contribution in [3.8, 4) is 0 Å². The fraction of sp³-hybridized carbons (Fsp3) is 0.615. The van der Waals surface area contributed by atoms with Gasteiger partial charge in [0.15, 0.2) is 5.84 Å². The van der Waals surface area contributed by atoms with Crippen molar-refractivity contribution in [1.82, 2.24) is 10.2 Å². The molecule has 2 N–H and O–H groups in total. The molecule has 0 aromatic rings. The molecule has 0 aliphatic carbocycles. The standard InChI is InChI=1S/C13H23N3O3/c1-7-9(2)16(6)11(14)10(17)8-15-12(18)19-13(3,4)5/h7,14H,8H2,1-6H3,(H,15,18)/b9-7-,14-11?. The highest BCUT2D eigenvalue weighted by Gasteiger charge is 2.19. The van der Waals surface area contributed by atoms with Crippen LogP contribution in [0.3, 0.4) is 0 Å². The second kappa shape index (κ2) is 6.92. The lowest BCUT2D eigenvalue weighted by Crippen LogP contribution is -2.41. The van der Waals surface area contributed by atoms with E-state index in [2.05, 4.69) is 5.32 Å². The van der Waals surface area contributed by atoms with Gasteiger partial charge in [0, 0.05) is 12.7 Å². The fourth-order valence-electron chi connectivity index (χ4n) is 1.11. The van der Waals surface area contributed by atoms with Gasteiger partial charge < -0.3 is 15.0 Å². The van der Waals surface area contributed by atoms with E-state index in [-0.39, 0.29) is 12.4 Å². The lowest BCUT2D eigenvalue weighted by molar-refractivity contribution is -0.112. The van der Waals surface area contributed by atoms with Crippen LogP contribution in [-0.4, -0.2) is 41.8 Å². The Morgan fingerprint density at radius 1 is 1.37 bits per heavy atom. The molecule has 0 aliphatic heterocycles. The number of allylic oxidation sites excluding steroid dienone is 2. The predicted molar refractivity (Wildman–Crippen MR) is 74.2 cm³/mol. The minimum Gasteiger partial charge on any atom is -0.444 e. The average molecular weight is 269 g/mol. The van der Waals surface area contributed by atoms with Gasteiger partial charge in [-0.25, -0.2) is 4.79 Å². The van der Waals surface area contributed by atoms with Crippen molar-refractivity contribution in [2.75, 3.05) is 13.6 Å². The van der Waals surface area contributed by atoms with Crippen LogP contribution in [0.5, 0.6) is 0 Å². The highest BCUT2D eigenvalue weighted by atomic mass is 16.6. The summed E-state index contributed by atoms with van der Waals surface area (Å²) in [5.41, 5.74) is 0.175. The first-order valence-corrected chi connectivity index (χ1v) is 6.03. The number of rotatable bonds is 4. The van der Waals surface area contributed by atoms with E-state index >= 15 is 0 Å². The number of Topliss-reactive ketones (excluding diaryl/α,β-unsaturated/α-hetero) is 1. The number of ether oxygens (including phenoxy) is 1. The van der Waals surface area contributed by atoms with Gasteiger partial charge in [0.1, 0.15) is 5.60 Å². The van der Waals surface area contributed by atoms with Crippen LogP contribution in [0.1, 0.15) is 34.6 Å². The zero-order valence-electron chi connectivity index (χ0n) is 12.5. The maximum Gasteiger partial charge on any atom is 0.408 e.